The molecule has 1 aromatic carbocycles. The molecule has 118 valence electrons. The normalized spacial score (nSPS) is 11.7. The third kappa shape index (κ3) is 6.03. The van der Waals surface area contributed by atoms with E-state index in [4.69, 9.17) is 11.6 Å². The highest BCUT2D eigenvalue weighted by molar-refractivity contribution is 7.90. The Balaban J connectivity index is 2.63. The molecule has 1 aromatic rings. The highest BCUT2D eigenvalue weighted by Crippen LogP contribution is 2.23. The zero-order valence-corrected chi connectivity index (χ0v) is 14.0. The Morgan fingerprint density at radius 1 is 1.33 bits per heavy atom. The van der Waals surface area contributed by atoms with E-state index in [9.17, 15) is 13.2 Å². The Morgan fingerprint density at radius 2 is 2.00 bits per heavy atom. The van der Waals surface area contributed by atoms with Gasteiger partial charge in [-0.05, 0) is 26.0 Å². The first kappa shape index (κ1) is 17.9. The van der Waals surface area contributed by atoms with Crippen LogP contribution in [-0.2, 0) is 21.2 Å². The summed E-state index contributed by atoms with van der Waals surface area (Å²) in [6.45, 7) is 4.55. The molecule has 1 rings (SSSR count). The first-order valence-corrected chi connectivity index (χ1v) is 8.96. The molecule has 0 fully saturated rings. The Hall–Kier alpha value is -1.11. The lowest BCUT2D eigenvalue weighted by Crippen LogP contribution is -2.32. The van der Waals surface area contributed by atoms with Gasteiger partial charge in [-0.25, -0.2) is 8.42 Å². The van der Waals surface area contributed by atoms with E-state index >= 15 is 0 Å². The largest absolute Gasteiger partial charge is 0.354 e. The van der Waals surface area contributed by atoms with Crippen molar-refractivity contribution in [3.63, 3.8) is 0 Å². The van der Waals surface area contributed by atoms with Crippen molar-refractivity contribution in [2.24, 2.45) is 0 Å². The summed E-state index contributed by atoms with van der Waals surface area (Å²) in [5, 5.41) is 6.24. The second-order valence-corrected chi connectivity index (χ2v) is 7.53. The Bertz CT molecular complexity index is 600. The summed E-state index contributed by atoms with van der Waals surface area (Å²) in [5.41, 5.74) is 0.533. The lowest BCUT2D eigenvalue weighted by molar-refractivity contribution is -0.121. The fourth-order valence-corrected chi connectivity index (χ4v) is 3.12. The Labute approximate surface area is 131 Å². The maximum Gasteiger partial charge on any atom is 0.221 e. The minimum absolute atomic E-state index is 0.0417. The third-order valence-electron chi connectivity index (χ3n) is 2.76. The van der Waals surface area contributed by atoms with Gasteiger partial charge in [-0.2, -0.15) is 0 Å². The molecule has 0 aliphatic rings. The molecular formula is C14H21ClN2O3S. The molecule has 7 heteroatoms. The SMILES string of the molecule is CC(C)NC(=O)CCNCc1c(Cl)cccc1S(C)(=O)=O. The molecule has 5 nitrogen and oxygen atoms in total. The molecule has 0 unspecified atom stereocenters. The van der Waals surface area contributed by atoms with Gasteiger partial charge in [0.25, 0.3) is 0 Å². The van der Waals surface area contributed by atoms with Crippen LogP contribution in [-0.4, -0.2) is 33.2 Å². The molecule has 0 bridgehead atoms. The van der Waals surface area contributed by atoms with Crippen molar-refractivity contribution in [3.05, 3.63) is 28.8 Å². The summed E-state index contributed by atoms with van der Waals surface area (Å²) in [5.74, 6) is -0.0417. The van der Waals surface area contributed by atoms with E-state index in [0.29, 0.717) is 30.1 Å². The number of hydrogen-bond donors (Lipinski definition) is 2. The average molecular weight is 333 g/mol. The lowest BCUT2D eigenvalue weighted by atomic mass is 10.2. The Kier molecular flexibility index (Phi) is 6.64. The van der Waals surface area contributed by atoms with E-state index in [2.05, 4.69) is 10.6 Å². The standard InChI is InChI=1S/C14H21ClN2O3S/c1-10(2)17-14(18)7-8-16-9-11-12(15)5-4-6-13(11)21(3,19)20/h4-6,10,16H,7-9H2,1-3H3,(H,17,18). The number of carbonyl (C=O) groups is 1. The molecule has 0 saturated heterocycles. The molecule has 21 heavy (non-hydrogen) atoms. The minimum Gasteiger partial charge on any atom is -0.354 e. The monoisotopic (exact) mass is 332 g/mol. The van der Waals surface area contributed by atoms with Crippen LogP contribution in [0.25, 0.3) is 0 Å². The van der Waals surface area contributed by atoms with Gasteiger partial charge in [-0.3, -0.25) is 4.79 Å². The minimum atomic E-state index is -3.33. The van der Waals surface area contributed by atoms with Gasteiger partial charge in [0, 0.05) is 42.4 Å². The van der Waals surface area contributed by atoms with Crippen molar-refractivity contribution in [1.29, 1.82) is 0 Å². The van der Waals surface area contributed by atoms with Gasteiger partial charge in [0.2, 0.25) is 5.91 Å². The molecule has 0 saturated carbocycles. The second-order valence-electron chi connectivity index (χ2n) is 5.14. The molecule has 0 spiro atoms. The Morgan fingerprint density at radius 3 is 2.57 bits per heavy atom. The number of carbonyl (C=O) groups excluding carboxylic acids is 1. The first-order valence-electron chi connectivity index (χ1n) is 6.69. The van der Waals surface area contributed by atoms with E-state index in [1.165, 1.54) is 6.07 Å². The number of halogens is 1. The molecule has 1 amide bonds. The van der Waals surface area contributed by atoms with E-state index in [1.54, 1.807) is 12.1 Å². The number of rotatable bonds is 7. The highest BCUT2D eigenvalue weighted by atomic mass is 35.5. The quantitative estimate of drug-likeness (QED) is 0.746. The predicted octanol–water partition coefficient (Wildman–Crippen LogP) is 1.75. The van der Waals surface area contributed by atoms with E-state index in [0.717, 1.165) is 6.26 Å². The van der Waals surface area contributed by atoms with E-state index in [-0.39, 0.29) is 16.8 Å². The maximum absolute atomic E-state index is 11.7. The smallest absolute Gasteiger partial charge is 0.221 e. The third-order valence-corrected chi connectivity index (χ3v) is 4.29. The summed E-state index contributed by atoms with van der Waals surface area (Å²) >= 11 is 6.06. The van der Waals surface area contributed by atoms with Crippen molar-refractivity contribution < 1.29 is 13.2 Å². The first-order chi connectivity index (χ1) is 9.71. The van der Waals surface area contributed by atoms with Crippen molar-refractivity contribution in [1.82, 2.24) is 10.6 Å². The molecular weight excluding hydrogens is 312 g/mol. The molecule has 0 atom stereocenters. The van der Waals surface area contributed by atoms with Crippen LogP contribution >= 0.6 is 11.6 Å². The highest BCUT2D eigenvalue weighted by Gasteiger charge is 2.15. The van der Waals surface area contributed by atoms with Gasteiger partial charge < -0.3 is 10.6 Å². The molecule has 2 N–H and O–H groups in total. The molecule has 0 radical (unpaired) electrons. The van der Waals surface area contributed by atoms with Crippen LogP contribution in [0.4, 0.5) is 0 Å². The fraction of sp³-hybridized carbons (Fsp3) is 0.500. The van der Waals surface area contributed by atoms with Gasteiger partial charge in [-0.15, -0.1) is 0 Å². The summed E-state index contributed by atoms with van der Waals surface area (Å²) in [4.78, 5) is 11.7. The maximum atomic E-state index is 11.7. The van der Waals surface area contributed by atoms with Crippen molar-refractivity contribution in [2.45, 2.75) is 37.8 Å². The van der Waals surface area contributed by atoms with Crippen LogP contribution in [0.15, 0.2) is 23.1 Å². The van der Waals surface area contributed by atoms with E-state index in [1.807, 2.05) is 13.8 Å². The molecule has 0 heterocycles. The summed E-state index contributed by atoms with van der Waals surface area (Å²) in [6, 6.07) is 4.90. The van der Waals surface area contributed by atoms with E-state index < -0.39 is 9.84 Å². The number of benzene rings is 1. The lowest BCUT2D eigenvalue weighted by Gasteiger charge is -2.12. The molecule has 0 aromatic heterocycles. The molecule has 0 aliphatic carbocycles. The fourth-order valence-electron chi connectivity index (χ4n) is 1.87. The number of hydrogen-bond acceptors (Lipinski definition) is 4. The van der Waals surface area contributed by atoms with Crippen LogP contribution in [0.1, 0.15) is 25.8 Å². The van der Waals surface area contributed by atoms with Gasteiger partial charge in [0.1, 0.15) is 0 Å². The van der Waals surface area contributed by atoms with Crippen LogP contribution in [0.3, 0.4) is 0 Å². The van der Waals surface area contributed by atoms with Crippen molar-refractivity contribution in [3.8, 4) is 0 Å². The zero-order chi connectivity index (χ0) is 16.0. The van der Waals surface area contributed by atoms with Crippen LogP contribution in [0.2, 0.25) is 5.02 Å². The van der Waals surface area contributed by atoms with Crippen LogP contribution in [0.5, 0.6) is 0 Å². The van der Waals surface area contributed by atoms with Gasteiger partial charge >= 0.3 is 0 Å². The van der Waals surface area contributed by atoms with Crippen LogP contribution in [0, 0.1) is 0 Å². The van der Waals surface area contributed by atoms with Crippen LogP contribution < -0.4 is 10.6 Å². The topological polar surface area (TPSA) is 75.3 Å². The molecule has 0 aliphatic heterocycles. The second kappa shape index (κ2) is 7.77. The summed E-state index contributed by atoms with van der Waals surface area (Å²) in [6.07, 6.45) is 1.48. The van der Waals surface area contributed by atoms with Gasteiger partial charge in [-0.1, -0.05) is 17.7 Å². The van der Waals surface area contributed by atoms with Crippen molar-refractivity contribution >= 4 is 27.3 Å². The number of sulfone groups is 1. The predicted molar refractivity (Wildman–Crippen MR) is 84.2 cm³/mol. The van der Waals surface area contributed by atoms with Gasteiger partial charge in [0.15, 0.2) is 9.84 Å². The average Bonchev–Trinajstić information content (AvgIpc) is 2.33. The summed E-state index contributed by atoms with van der Waals surface area (Å²) < 4.78 is 23.4. The zero-order valence-electron chi connectivity index (χ0n) is 12.4. The van der Waals surface area contributed by atoms with Crippen molar-refractivity contribution in [2.75, 3.05) is 12.8 Å². The van der Waals surface area contributed by atoms with Gasteiger partial charge in [0.05, 0.1) is 4.90 Å². The summed E-state index contributed by atoms with van der Waals surface area (Å²) in [7, 11) is -3.33. The number of nitrogens with one attached hydrogen (secondary N) is 2. The number of amides is 1.